The van der Waals surface area contributed by atoms with Gasteiger partial charge in [-0.05, 0) is 31.9 Å². The summed E-state index contributed by atoms with van der Waals surface area (Å²) in [7, 11) is 0. The number of amides is 3. The summed E-state index contributed by atoms with van der Waals surface area (Å²) >= 11 is 0. The number of rotatable bonds is 6. The number of ether oxygens (including phenoxy) is 2. The second kappa shape index (κ2) is 11.5. The van der Waals surface area contributed by atoms with Crippen molar-refractivity contribution in [3.05, 3.63) is 71.8 Å². The molecule has 0 spiro atoms. The highest BCUT2D eigenvalue weighted by atomic mass is 16.6. The van der Waals surface area contributed by atoms with Crippen LogP contribution in [-0.4, -0.2) is 65.7 Å². The van der Waals surface area contributed by atoms with Gasteiger partial charge in [0.15, 0.2) is 0 Å². The Labute approximate surface area is 200 Å². The van der Waals surface area contributed by atoms with Crippen molar-refractivity contribution in [1.29, 1.82) is 0 Å². The summed E-state index contributed by atoms with van der Waals surface area (Å²) in [5.41, 5.74) is 1.22. The number of carbonyl (C=O) groups excluding carboxylic acids is 3. The van der Waals surface area contributed by atoms with E-state index < -0.39 is 17.7 Å². The Morgan fingerprint density at radius 3 is 1.94 bits per heavy atom. The first-order valence-electron chi connectivity index (χ1n) is 11.5. The van der Waals surface area contributed by atoms with Crippen molar-refractivity contribution in [2.24, 2.45) is 0 Å². The number of hydrogen-bond donors (Lipinski definition) is 1. The average molecular weight is 468 g/mol. The predicted octanol–water partition coefficient (Wildman–Crippen LogP) is 3.60. The SMILES string of the molecule is CC(C)(C)OC(=O)N1CCN(C(=O)[C@H](Cc2ccccc2)NC(=O)OCc2ccccc2)CC1. The van der Waals surface area contributed by atoms with Gasteiger partial charge in [-0.15, -0.1) is 0 Å². The second-order valence-corrected chi connectivity index (χ2v) is 9.24. The summed E-state index contributed by atoms with van der Waals surface area (Å²) in [5.74, 6) is -0.204. The molecule has 1 aliphatic rings. The molecule has 3 amide bonds. The third-order valence-corrected chi connectivity index (χ3v) is 5.33. The maximum atomic E-state index is 13.3. The molecular formula is C26H33N3O5. The van der Waals surface area contributed by atoms with Crippen LogP contribution in [-0.2, 0) is 27.3 Å². The fourth-order valence-electron chi connectivity index (χ4n) is 3.61. The summed E-state index contributed by atoms with van der Waals surface area (Å²) in [6, 6.07) is 18.1. The fraction of sp³-hybridized carbons (Fsp3) is 0.423. The van der Waals surface area contributed by atoms with Gasteiger partial charge in [0.25, 0.3) is 0 Å². The van der Waals surface area contributed by atoms with E-state index in [1.807, 2.05) is 81.4 Å². The molecule has 3 rings (SSSR count). The number of hydrogen-bond acceptors (Lipinski definition) is 5. The van der Waals surface area contributed by atoms with Crippen LogP contribution in [0.25, 0.3) is 0 Å². The maximum Gasteiger partial charge on any atom is 0.410 e. The normalized spacial score (nSPS) is 14.8. The van der Waals surface area contributed by atoms with E-state index in [-0.39, 0.29) is 18.6 Å². The van der Waals surface area contributed by atoms with E-state index in [2.05, 4.69) is 5.32 Å². The molecule has 1 heterocycles. The second-order valence-electron chi connectivity index (χ2n) is 9.24. The Hall–Kier alpha value is -3.55. The van der Waals surface area contributed by atoms with Crippen molar-refractivity contribution < 1.29 is 23.9 Å². The summed E-state index contributed by atoms with van der Waals surface area (Å²) in [5, 5.41) is 2.74. The highest BCUT2D eigenvalue weighted by Crippen LogP contribution is 2.14. The Morgan fingerprint density at radius 1 is 0.853 bits per heavy atom. The van der Waals surface area contributed by atoms with Crippen LogP contribution in [0.3, 0.4) is 0 Å². The monoisotopic (exact) mass is 467 g/mol. The lowest BCUT2D eigenvalue weighted by atomic mass is 10.0. The minimum absolute atomic E-state index is 0.119. The van der Waals surface area contributed by atoms with E-state index in [1.165, 1.54) is 0 Å². The summed E-state index contributed by atoms with van der Waals surface area (Å²) in [6.07, 6.45) is -0.694. The van der Waals surface area contributed by atoms with Gasteiger partial charge in [0, 0.05) is 32.6 Å². The van der Waals surface area contributed by atoms with Gasteiger partial charge in [-0.1, -0.05) is 60.7 Å². The van der Waals surface area contributed by atoms with Gasteiger partial charge >= 0.3 is 12.2 Å². The maximum absolute atomic E-state index is 13.3. The average Bonchev–Trinajstić information content (AvgIpc) is 2.82. The Bertz CT molecular complexity index is 951. The molecule has 34 heavy (non-hydrogen) atoms. The predicted molar refractivity (Wildman–Crippen MR) is 128 cm³/mol. The molecule has 182 valence electrons. The topological polar surface area (TPSA) is 88.2 Å². The minimum atomic E-state index is -0.779. The Balaban J connectivity index is 1.60. The molecule has 1 N–H and O–H groups in total. The molecule has 0 bridgehead atoms. The first kappa shape index (κ1) is 25.1. The van der Waals surface area contributed by atoms with E-state index in [9.17, 15) is 14.4 Å². The van der Waals surface area contributed by atoms with Gasteiger partial charge in [-0.2, -0.15) is 0 Å². The lowest BCUT2D eigenvalue weighted by Crippen LogP contribution is -2.56. The van der Waals surface area contributed by atoms with Gasteiger partial charge < -0.3 is 24.6 Å². The summed E-state index contributed by atoms with van der Waals surface area (Å²) in [6.45, 7) is 7.06. The third kappa shape index (κ3) is 7.79. The molecule has 1 fully saturated rings. The van der Waals surface area contributed by atoms with Crippen LogP contribution in [0, 0.1) is 0 Å². The zero-order chi connectivity index (χ0) is 24.6. The summed E-state index contributed by atoms with van der Waals surface area (Å²) in [4.78, 5) is 41.4. The van der Waals surface area contributed by atoms with Crippen molar-refractivity contribution in [1.82, 2.24) is 15.1 Å². The first-order chi connectivity index (χ1) is 16.2. The number of carbonyl (C=O) groups is 3. The minimum Gasteiger partial charge on any atom is -0.445 e. The molecule has 2 aromatic rings. The molecule has 8 nitrogen and oxygen atoms in total. The molecule has 2 aromatic carbocycles. The number of nitrogens with one attached hydrogen (secondary N) is 1. The quantitative estimate of drug-likeness (QED) is 0.701. The molecule has 1 aliphatic heterocycles. The lowest BCUT2D eigenvalue weighted by molar-refractivity contribution is -0.135. The van der Waals surface area contributed by atoms with Crippen molar-refractivity contribution in [3.63, 3.8) is 0 Å². The number of piperazine rings is 1. The van der Waals surface area contributed by atoms with E-state index >= 15 is 0 Å². The van der Waals surface area contributed by atoms with Crippen LogP contribution >= 0.6 is 0 Å². The smallest absolute Gasteiger partial charge is 0.410 e. The number of nitrogens with zero attached hydrogens (tertiary/aromatic N) is 2. The zero-order valence-corrected chi connectivity index (χ0v) is 20.0. The van der Waals surface area contributed by atoms with Crippen molar-refractivity contribution in [2.75, 3.05) is 26.2 Å². The Morgan fingerprint density at radius 2 is 1.38 bits per heavy atom. The van der Waals surface area contributed by atoms with E-state index in [0.29, 0.717) is 32.6 Å². The van der Waals surface area contributed by atoms with E-state index in [4.69, 9.17) is 9.47 Å². The van der Waals surface area contributed by atoms with Crippen LogP contribution in [0.4, 0.5) is 9.59 Å². The fourth-order valence-corrected chi connectivity index (χ4v) is 3.61. The van der Waals surface area contributed by atoms with Gasteiger partial charge in [0.05, 0.1) is 0 Å². The Kier molecular flexibility index (Phi) is 8.51. The van der Waals surface area contributed by atoms with Gasteiger partial charge in [0.2, 0.25) is 5.91 Å². The standard InChI is InChI=1S/C26H33N3O5/c1-26(2,3)34-25(32)29-16-14-28(15-17-29)23(30)22(18-20-10-6-4-7-11-20)27-24(31)33-19-21-12-8-5-9-13-21/h4-13,22H,14-19H2,1-3H3,(H,27,31)/t22-/m0/s1. The van der Waals surface area contributed by atoms with Gasteiger partial charge in [-0.25, -0.2) is 9.59 Å². The highest BCUT2D eigenvalue weighted by molar-refractivity contribution is 5.86. The molecule has 0 aromatic heterocycles. The van der Waals surface area contributed by atoms with Crippen molar-refractivity contribution >= 4 is 18.1 Å². The van der Waals surface area contributed by atoms with Gasteiger partial charge in [-0.3, -0.25) is 4.79 Å². The van der Waals surface area contributed by atoms with Crippen LogP contribution < -0.4 is 5.32 Å². The van der Waals surface area contributed by atoms with E-state index in [1.54, 1.807) is 9.80 Å². The number of benzene rings is 2. The number of alkyl carbamates (subject to hydrolysis) is 1. The van der Waals surface area contributed by atoms with Crippen molar-refractivity contribution in [3.8, 4) is 0 Å². The molecular weight excluding hydrogens is 434 g/mol. The summed E-state index contributed by atoms with van der Waals surface area (Å²) < 4.78 is 10.8. The van der Waals surface area contributed by atoms with Crippen LogP contribution in [0.5, 0.6) is 0 Å². The van der Waals surface area contributed by atoms with Crippen LogP contribution in [0.15, 0.2) is 60.7 Å². The van der Waals surface area contributed by atoms with Crippen LogP contribution in [0.1, 0.15) is 31.9 Å². The first-order valence-corrected chi connectivity index (χ1v) is 11.5. The highest BCUT2D eigenvalue weighted by Gasteiger charge is 2.32. The molecule has 0 unspecified atom stereocenters. The van der Waals surface area contributed by atoms with Crippen LogP contribution in [0.2, 0.25) is 0 Å². The molecule has 0 saturated carbocycles. The molecule has 1 atom stereocenters. The zero-order valence-electron chi connectivity index (χ0n) is 20.0. The molecule has 0 aliphatic carbocycles. The molecule has 0 radical (unpaired) electrons. The van der Waals surface area contributed by atoms with Gasteiger partial charge in [0.1, 0.15) is 18.2 Å². The largest absolute Gasteiger partial charge is 0.445 e. The molecule has 1 saturated heterocycles. The van der Waals surface area contributed by atoms with E-state index in [0.717, 1.165) is 11.1 Å². The van der Waals surface area contributed by atoms with Crippen molar-refractivity contribution in [2.45, 2.75) is 45.4 Å². The third-order valence-electron chi connectivity index (χ3n) is 5.33. The lowest BCUT2D eigenvalue weighted by Gasteiger charge is -2.37. The molecule has 8 heteroatoms.